The molecule has 0 aliphatic carbocycles. The van der Waals surface area contributed by atoms with Gasteiger partial charge in [-0.25, -0.2) is 0 Å². The van der Waals surface area contributed by atoms with Crippen LogP contribution in [0.3, 0.4) is 0 Å². The number of benzene rings is 3. The molecular formula is C22H18ClNO2. The van der Waals surface area contributed by atoms with Gasteiger partial charge in [0.05, 0.1) is 6.04 Å². The predicted molar refractivity (Wildman–Crippen MR) is 102 cm³/mol. The number of rotatable bonds is 4. The van der Waals surface area contributed by atoms with Crippen LogP contribution in [0, 0.1) is 0 Å². The van der Waals surface area contributed by atoms with Crippen molar-refractivity contribution in [2.75, 3.05) is 0 Å². The second-order valence-electron chi connectivity index (χ2n) is 6.33. The molecule has 1 amide bonds. The second kappa shape index (κ2) is 7.22. The fourth-order valence-electron chi connectivity index (χ4n) is 3.25. The van der Waals surface area contributed by atoms with Crippen LogP contribution in [0.15, 0.2) is 78.9 Å². The van der Waals surface area contributed by atoms with Gasteiger partial charge in [-0.15, -0.1) is 0 Å². The van der Waals surface area contributed by atoms with E-state index in [1.54, 1.807) is 6.07 Å². The molecule has 0 radical (unpaired) electrons. The van der Waals surface area contributed by atoms with Crippen LogP contribution in [0.25, 0.3) is 0 Å². The average Bonchev–Trinajstić information content (AvgIpc) is 3.10. The molecule has 0 aromatic heterocycles. The number of carbonyl (C=O) groups is 1. The van der Waals surface area contributed by atoms with Crippen LogP contribution < -0.4 is 10.1 Å². The number of amides is 1. The second-order valence-corrected chi connectivity index (χ2v) is 6.76. The van der Waals surface area contributed by atoms with Crippen molar-refractivity contribution >= 4 is 17.5 Å². The molecule has 0 saturated carbocycles. The number of nitrogens with one attached hydrogen (secondary N) is 1. The van der Waals surface area contributed by atoms with Gasteiger partial charge in [0.25, 0.3) is 5.91 Å². The molecule has 4 rings (SSSR count). The number of hydrogen-bond acceptors (Lipinski definition) is 2. The SMILES string of the molecule is O=C(NC(c1ccccc1)c1ccccc1)[C@H]1Cc2cc(Cl)ccc2O1. The van der Waals surface area contributed by atoms with Gasteiger partial charge in [0.15, 0.2) is 6.10 Å². The molecule has 3 aromatic carbocycles. The van der Waals surface area contributed by atoms with E-state index in [-0.39, 0.29) is 11.9 Å². The molecule has 1 atom stereocenters. The Morgan fingerprint density at radius 2 is 1.58 bits per heavy atom. The van der Waals surface area contributed by atoms with Gasteiger partial charge < -0.3 is 10.1 Å². The van der Waals surface area contributed by atoms with E-state index < -0.39 is 6.10 Å². The van der Waals surface area contributed by atoms with Gasteiger partial charge in [-0.2, -0.15) is 0 Å². The van der Waals surface area contributed by atoms with Gasteiger partial charge in [-0.05, 0) is 34.9 Å². The topological polar surface area (TPSA) is 38.3 Å². The molecule has 4 heteroatoms. The van der Waals surface area contributed by atoms with Crippen molar-refractivity contribution in [1.29, 1.82) is 0 Å². The number of ether oxygens (including phenoxy) is 1. The van der Waals surface area contributed by atoms with Gasteiger partial charge in [0.1, 0.15) is 5.75 Å². The van der Waals surface area contributed by atoms with E-state index >= 15 is 0 Å². The van der Waals surface area contributed by atoms with E-state index in [0.717, 1.165) is 22.4 Å². The minimum atomic E-state index is -0.543. The molecule has 1 aliphatic heterocycles. The van der Waals surface area contributed by atoms with Gasteiger partial charge in [0, 0.05) is 11.4 Å². The highest BCUT2D eigenvalue weighted by molar-refractivity contribution is 6.30. The number of halogens is 1. The first-order valence-electron chi connectivity index (χ1n) is 8.56. The highest BCUT2D eigenvalue weighted by Gasteiger charge is 2.31. The summed E-state index contributed by atoms with van der Waals surface area (Å²) in [5.41, 5.74) is 3.03. The Hall–Kier alpha value is -2.78. The molecule has 1 heterocycles. The Bertz CT molecular complexity index is 872. The summed E-state index contributed by atoms with van der Waals surface area (Å²) in [5, 5.41) is 3.80. The van der Waals surface area contributed by atoms with Crippen molar-refractivity contribution in [3.8, 4) is 5.75 Å². The van der Waals surface area contributed by atoms with Crippen LogP contribution in [-0.2, 0) is 11.2 Å². The number of hydrogen-bond donors (Lipinski definition) is 1. The van der Waals surface area contributed by atoms with Crippen molar-refractivity contribution in [3.63, 3.8) is 0 Å². The summed E-state index contributed by atoms with van der Waals surface area (Å²) in [6, 6.07) is 25.1. The zero-order valence-electron chi connectivity index (χ0n) is 14.1. The van der Waals surface area contributed by atoms with E-state index in [1.807, 2.05) is 72.8 Å². The van der Waals surface area contributed by atoms with E-state index in [2.05, 4.69) is 5.32 Å². The van der Waals surface area contributed by atoms with Crippen LogP contribution in [0.1, 0.15) is 22.7 Å². The van der Waals surface area contributed by atoms with Crippen molar-refractivity contribution in [2.24, 2.45) is 0 Å². The van der Waals surface area contributed by atoms with Gasteiger partial charge in [0.2, 0.25) is 0 Å². The largest absolute Gasteiger partial charge is 0.480 e. The summed E-state index contributed by atoms with van der Waals surface area (Å²) in [7, 11) is 0. The van der Waals surface area contributed by atoms with Gasteiger partial charge in [-0.3, -0.25) is 4.79 Å². The Labute approximate surface area is 157 Å². The summed E-state index contributed by atoms with van der Waals surface area (Å²) in [5.74, 6) is 0.598. The Kier molecular flexibility index (Phi) is 4.63. The van der Waals surface area contributed by atoms with Crippen LogP contribution >= 0.6 is 11.6 Å². The molecular weight excluding hydrogens is 346 g/mol. The zero-order valence-corrected chi connectivity index (χ0v) is 14.8. The minimum Gasteiger partial charge on any atom is -0.480 e. The third kappa shape index (κ3) is 3.44. The normalized spacial score (nSPS) is 15.4. The molecule has 3 aromatic rings. The van der Waals surface area contributed by atoms with Gasteiger partial charge >= 0.3 is 0 Å². The maximum absolute atomic E-state index is 12.9. The lowest BCUT2D eigenvalue weighted by Gasteiger charge is -2.21. The van der Waals surface area contributed by atoms with Crippen LogP contribution in [-0.4, -0.2) is 12.0 Å². The van der Waals surface area contributed by atoms with Crippen LogP contribution in [0.4, 0.5) is 0 Å². The summed E-state index contributed by atoms with van der Waals surface area (Å²) < 4.78 is 5.83. The Balaban J connectivity index is 1.56. The quantitative estimate of drug-likeness (QED) is 0.738. The highest BCUT2D eigenvalue weighted by Crippen LogP contribution is 2.32. The first-order valence-corrected chi connectivity index (χ1v) is 8.94. The van der Waals surface area contributed by atoms with Crippen molar-refractivity contribution in [2.45, 2.75) is 18.6 Å². The summed E-state index contributed by atoms with van der Waals surface area (Å²) in [6.07, 6.45) is -0.0173. The van der Waals surface area contributed by atoms with Crippen molar-refractivity contribution in [1.82, 2.24) is 5.32 Å². The maximum Gasteiger partial charge on any atom is 0.262 e. The minimum absolute atomic E-state index is 0.130. The molecule has 130 valence electrons. The van der Waals surface area contributed by atoms with Crippen LogP contribution in [0.5, 0.6) is 5.75 Å². The highest BCUT2D eigenvalue weighted by atomic mass is 35.5. The monoisotopic (exact) mass is 363 g/mol. The molecule has 1 N–H and O–H groups in total. The van der Waals surface area contributed by atoms with Crippen molar-refractivity contribution < 1.29 is 9.53 Å². The molecule has 26 heavy (non-hydrogen) atoms. The van der Waals surface area contributed by atoms with Gasteiger partial charge in [-0.1, -0.05) is 72.3 Å². The van der Waals surface area contributed by atoms with E-state index in [4.69, 9.17) is 16.3 Å². The number of fused-ring (bicyclic) bond motifs is 1. The summed E-state index contributed by atoms with van der Waals surface area (Å²) in [4.78, 5) is 12.9. The Morgan fingerprint density at radius 1 is 0.962 bits per heavy atom. The van der Waals surface area contributed by atoms with Crippen molar-refractivity contribution in [3.05, 3.63) is 101 Å². The third-order valence-corrected chi connectivity index (χ3v) is 4.78. The Morgan fingerprint density at radius 3 is 2.19 bits per heavy atom. The first-order chi connectivity index (χ1) is 12.7. The molecule has 1 aliphatic rings. The average molecular weight is 364 g/mol. The fourth-order valence-corrected chi connectivity index (χ4v) is 3.44. The summed E-state index contributed by atoms with van der Waals surface area (Å²) in [6.45, 7) is 0. The molecule has 0 saturated heterocycles. The lowest BCUT2D eigenvalue weighted by Crippen LogP contribution is -2.40. The van der Waals surface area contributed by atoms with E-state index in [1.165, 1.54) is 0 Å². The predicted octanol–water partition coefficient (Wildman–Crippen LogP) is 4.55. The standard InChI is InChI=1S/C22H18ClNO2/c23-18-11-12-19-17(13-18)14-20(26-19)22(25)24-21(15-7-3-1-4-8-15)16-9-5-2-6-10-16/h1-13,20-21H,14H2,(H,24,25)/t20-/m1/s1. The van der Waals surface area contributed by atoms with E-state index in [0.29, 0.717) is 11.4 Å². The number of carbonyl (C=O) groups excluding carboxylic acids is 1. The lowest BCUT2D eigenvalue weighted by atomic mass is 9.98. The maximum atomic E-state index is 12.9. The fraction of sp³-hybridized carbons (Fsp3) is 0.136. The van der Waals surface area contributed by atoms with Crippen LogP contribution in [0.2, 0.25) is 5.02 Å². The smallest absolute Gasteiger partial charge is 0.262 e. The first kappa shape index (κ1) is 16.7. The third-order valence-electron chi connectivity index (χ3n) is 4.54. The molecule has 0 unspecified atom stereocenters. The van der Waals surface area contributed by atoms with E-state index in [9.17, 15) is 4.79 Å². The zero-order chi connectivity index (χ0) is 17.9. The summed E-state index contributed by atoms with van der Waals surface area (Å²) >= 11 is 6.04. The molecule has 0 fully saturated rings. The molecule has 0 spiro atoms. The molecule has 3 nitrogen and oxygen atoms in total. The molecule has 0 bridgehead atoms. The lowest BCUT2D eigenvalue weighted by molar-refractivity contribution is -0.127.